The fourth-order valence-electron chi connectivity index (χ4n) is 4.51. The van der Waals surface area contributed by atoms with E-state index < -0.39 is 54.1 Å². The molecule has 1 aromatic carbocycles. The molecule has 0 aliphatic carbocycles. The summed E-state index contributed by atoms with van der Waals surface area (Å²) in [4.78, 5) is 64.6. The van der Waals surface area contributed by atoms with Crippen LogP contribution < -0.4 is 5.32 Å². The van der Waals surface area contributed by atoms with Gasteiger partial charge >= 0.3 is 12.7 Å². The molecule has 10 nitrogen and oxygen atoms in total. The Kier molecular flexibility index (Phi) is 8.37. The highest BCUT2D eigenvalue weighted by Gasteiger charge is 2.69. The first kappa shape index (κ1) is 28.0. The van der Waals surface area contributed by atoms with Crippen LogP contribution in [0.4, 0.5) is 0 Å². The van der Waals surface area contributed by atoms with Gasteiger partial charge in [-0.1, -0.05) is 43.5 Å². The van der Waals surface area contributed by atoms with Crippen molar-refractivity contribution < 1.29 is 37.9 Å². The number of benzene rings is 1. The van der Waals surface area contributed by atoms with E-state index in [1.807, 2.05) is 13.8 Å². The van der Waals surface area contributed by atoms with Gasteiger partial charge in [-0.2, -0.15) is 0 Å². The first-order chi connectivity index (χ1) is 16.8. The summed E-state index contributed by atoms with van der Waals surface area (Å²) in [6, 6.07) is 4.40. The number of carbonyl (C=O) groups excluding carboxylic acids is 4. The van der Waals surface area contributed by atoms with Gasteiger partial charge in [0.05, 0.1) is 30.0 Å². The van der Waals surface area contributed by atoms with Crippen molar-refractivity contribution in [1.82, 2.24) is 10.2 Å². The predicted octanol–water partition coefficient (Wildman–Crippen LogP) is 2.29. The second-order valence-electron chi connectivity index (χ2n) is 9.85. The number of nitrogens with zero attached hydrogens (tertiary/aromatic N) is 1. The van der Waals surface area contributed by atoms with Gasteiger partial charge in [0.2, 0.25) is 11.5 Å². The zero-order valence-electron chi connectivity index (χ0n) is 20.5. The van der Waals surface area contributed by atoms with Crippen LogP contribution in [0, 0.1) is 5.92 Å². The Bertz CT molecular complexity index is 1100. The summed E-state index contributed by atoms with van der Waals surface area (Å²) in [7, 11) is 3.06. The summed E-state index contributed by atoms with van der Waals surface area (Å²) in [5.41, 5.74) is -1.62. The van der Waals surface area contributed by atoms with Crippen LogP contribution in [0.5, 0.6) is 0 Å². The van der Waals surface area contributed by atoms with Gasteiger partial charge in [0.15, 0.2) is 0 Å². The number of ketones is 1. The summed E-state index contributed by atoms with van der Waals surface area (Å²) in [6.45, 7) is 0.603. The standard InChI is InChI=1S/C23H29BCl2N2O8/c1-13(2)7-14(8-16(29)12-27-21(32)17-9-15(25)5-6-18(17)26)24-34-20(31)11-23(36-24,22(33)35-24)10-19(30)28(3)4/h5-6,9,13-14,35H,7-8,10-12H2,1-4H3,(H,27,32)/t14-,23-,24?/m1/s1. The van der Waals surface area contributed by atoms with Gasteiger partial charge < -0.3 is 24.2 Å². The normalized spacial score (nSPS) is 23.6. The zero-order chi connectivity index (χ0) is 26.8. The molecule has 0 spiro atoms. The minimum atomic E-state index is -2.86. The van der Waals surface area contributed by atoms with Gasteiger partial charge in [-0.25, -0.2) is 0 Å². The van der Waals surface area contributed by atoms with E-state index in [-0.39, 0.29) is 35.9 Å². The Hall–Kier alpha value is -2.63. The third kappa shape index (κ3) is 6.01. The second kappa shape index (κ2) is 10.8. The third-order valence-electron chi connectivity index (χ3n) is 6.23. The molecule has 196 valence electrons. The number of fused-ring (bicyclic) bond motifs is 2. The molecule has 0 radical (unpaired) electrons. The first-order valence-corrected chi connectivity index (χ1v) is 12.3. The lowest BCUT2D eigenvalue weighted by molar-refractivity contribution is -0.160. The van der Waals surface area contributed by atoms with Gasteiger partial charge in [0, 0.05) is 23.9 Å². The maximum atomic E-state index is 12.9. The predicted molar refractivity (Wildman–Crippen MR) is 132 cm³/mol. The van der Waals surface area contributed by atoms with E-state index in [0.29, 0.717) is 11.4 Å². The summed E-state index contributed by atoms with van der Waals surface area (Å²) in [6.07, 6.45) is -0.623. The largest absolute Gasteiger partial charge is 0.716 e. The molecule has 36 heavy (non-hydrogen) atoms. The smallest absolute Gasteiger partial charge is 0.576 e. The monoisotopic (exact) mass is 542 g/mol. The number of Topliss-reactive ketones (excluding diaryl/α,β-unsaturated/α-hetero) is 1. The quantitative estimate of drug-likeness (QED) is 0.354. The molecule has 2 aliphatic heterocycles. The lowest BCUT2D eigenvalue weighted by Gasteiger charge is -2.43. The molecule has 3 atom stereocenters. The van der Waals surface area contributed by atoms with Crippen LogP contribution in [0.25, 0.3) is 0 Å². The lowest BCUT2D eigenvalue weighted by Crippen LogP contribution is -2.57. The van der Waals surface area contributed by atoms with E-state index in [4.69, 9.17) is 32.5 Å². The number of amides is 2. The number of carbonyl (C=O) groups is 5. The van der Waals surface area contributed by atoms with Crippen LogP contribution >= 0.6 is 23.2 Å². The van der Waals surface area contributed by atoms with Gasteiger partial charge in [0.25, 0.3) is 11.9 Å². The topological polar surface area (TPSA) is 132 Å². The highest BCUT2D eigenvalue weighted by Crippen LogP contribution is 2.47. The first-order valence-electron chi connectivity index (χ1n) is 11.6. The van der Waals surface area contributed by atoms with Crippen LogP contribution in [0.3, 0.4) is 0 Å². The number of rotatable bonds is 10. The van der Waals surface area contributed by atoms with Crippen molar-refractivity contribution >= 4 is 59.5 Å². The molecule has 2 aliphatic rings. The number of hydrogen-bond acceptors (Lipinski definition) is 7. The number of hydrogen-bond donors (Lipinski definition) is 1. The molecule has 1 aromatic rings. The Balaban J connectivity index is 1.77. The van der Waals surface area contributed by atoms with E-state index in [1.54, 1.807) is 0 Å². The van der Waals surface area contributed by atoms with Crippen molar-refractivity contribution in [2.45, 2.75) is 50.9 Å². The molecule has 3 rings (SSSR count). The SMILES string of the molecule is CC(C)C[C@H](CC(=O)CNC(=O)c1cc(Cl)ccc1Cl)[B-]12OC(=O)C[C@@](CC(=O)N(C)C)(O1)C(=O)[OH+]2. The molecule has 2 amide bonds. The molecule has 2 bridgehead atoms. The fraction of sp³-hybridized carbons (Fsp3) is 0.522. The highest BCUT2D eigenvalue weighted by atomic mass is 35.5. The molecular formula is C23H29BCl2N2O8. The molecule has 2 fully saturated rings. The Morgan fingerprint density at radius 1 is 1.22 bits per heavy atom. The van der Waals surface area contributed by atoms with E-state index >= 15 is 0 Å². The number of carboxylic acids is 1. The summed E-state index contributed by atoms with van der Waals surface area (Å²) in [5, 5.41) is 3.01. The van der Waals surface area contributed by atoms with E-state index in [2.05, 4.69) is 9.97 Å². The number of halogens is 2. The highest BCUT2D eigenvalue weighted by molar-refractivity contribution is 6.67. The van der Waals surface area contributed by atoms with Crippen LogP contribution in [-0.4, -0.2) is 72.1 Å². The molecule has 0 saturated carbocycles. The fourth-order valence-corrected chi connectivity index (χ4v) is 4.89. The molecule has 0 aromatic heterocycles. The zero-order valence-corrected chi connectivity index (χ0v) is 22.0. The number of aliphatic carboxylic acids is 1. The van der Waals surface area contributed by atoms with Gasteiger partial charge in [-0.05, 0) is 36.4 Å². The Labute approximate surface area is 218 Å². The van der Waals surface area contributed by atoms with Crippen LogP contribution in [0.2, 0.25) is 15.9 Å². The van der Waals surface area contributed by atoms with Gasteiger partial charge in [-0.15, -0.1) is 0 Å². The molecule has 2 saturated heterocycles. The summed E-state index contributed by atoms with van der Waals surface area (Å²) >= 11 is 12.0. The molecular weight excluding hydrogens is 514 g/mol. The number of nitrogens with one attached hydrogen (secondary N) is 1. The molecule has 13 heteroatoms. The summed E-state index contributed by atoms with van der Waals surface area (Å²) < 4.78 is 15.7. The van der Waals surface area contributed by atoms with Crippen molar-refractivity contribution in [3.05, 3.63) is 33.8 Å². The van der Waals surface area contributed by atoms with Gasteiger partial charge in [0.1, 0.15) is 5.78 Å². The average molecular weight is 543 g/mol. The lowest BCUT2D eigenvalue weighted by atomic mass is 9.57. The van der Waals surface area contributed by atoms with E-state index in [1.165, 1.54) is 37.2 Å². The van der Waals surface area contributed by atoms with E-state index in [9.17, 15) is 24.0 Å². The average Bonchev–Trinajstić information content (AvgIpc) is 2.98. The van der Waals surface area contributed by atoms with Crippen molar-refractivity contribution in [1.29, 1.82) is 0 Å². The minimum absolute atomic E-state index is 0.0341. The minimum Gasteiger partial charge on any atom is -0.716 e. The van der Waals surface area contributed by atoms with Crippen molar-refractivity contribution in [3.8, 4) is 0 Å². The van der Waals surface area contributed by atoms with Gasteiger partial charge in [-0.3, -0.25) is 19.2 Å². The van der Waals surface area contributed by atoms with Crippen molar-refractivity contribution in [2.75, 3.05) is 20.6 Å². The Morgan fingerprint density at radius 2 is 1.92 bits per heavy atom. The third-order valence-corrected chi connectivity index (χ3v) is 6.79. The maximum Gasteiger partial charge on any atom is 0.576 e. The Morgan fingerprint density at radius 3 is 2.56 bits per heavy atom. The second-order valence-corrected chi connectivity index (χ2v) is 10.7. The maximum absolute atomic E-state index is 12.9. The van der Waals surface area contributed by atoms with Crippen LogP contribution in [-0.2, 0) is 28.5 Å². The molecule has 2 N–H and O–H groups in total. The summed E-state index contributed by atoms with van der Waals surface area (Å²) in [5.74, 6) is -3.55. The van der Waals surface area contributed by atoms with Crippen molar-refractivity contribution in [3.63, 3.8) is 0 Å². The van der Waals surface area contributed by atoms with E-state index in [0.717, 1.165) is 0 Å². The molecule has 1 unspecified atom stereocenters. The van der Waals surface area contributed by atoms with Crippen molar-refractivity contribution in [2.24, 2.45) is 5.92 Å². The van der Waals surface area contributed by atoms with Crippen LogP contribution in [0.15, 0.2) is 18.2 Å². The molecule has 2 heterocycles. The van der Waals surface area contributed by atoms with Crippen LogP contribution in [0.1, 0.15) is 49.9 Å².